The first kappa shape index (κ1) is 19.8. The molecular formula is C23H27N3O2. The molecule has 5 nitrogen and oxygen atoms in total. The van der Waals surface area contributed by atoms with Crippen LogP contribution in [0, 0.1) is 6.92 Å². The summed E-state index contributed by atoms with van der Waals surface area (Å²) in [7, 11) is 4.03. The van der Waals surface area contributed by atoms with Crippen molar-refractivity contribution in [3.8, 4) is 11.3 Å². The maximum atomic E-state index is 12.3. The molecule has 1 unspecified atom stereocenters. The van der Waals surface area contributed by atoms with Crippen LogP contribution in [0.2, 0.25) is 0 Å². The molecule has 0 bridgehead atoms. The van der Waals surface area contributed by atoms with E-state index in [0.717, 1.165) is 11.3 Å². The lowest BCUT2D eigenvalue weighted by atomic mass is 10.1. The maximum Gasteiger partial charge on any atom is 0.220 e. The summed E-state index contributed by atoms with van der Waals surface area (Å²) in [6.07, 6.45) is 2.55. The van der Waals surface area contributed by atoms with Gasteiger partial charge in [0.2, 0.25) is 5.91 Å². The molecule has 1 amide bonds. The van der Waals surface area contributed by atoms with E-state index < -0.39 is 0 Å². The van der Waals surface area contributed by atoms with Gasteiger partial charge in [-0.2, -0.15) is 0 Å². The number of rotatable bonds is 8. The molecule has 0 aliphatic carbocycles. The van der Waals surface area contributed by atoms with E-state index in [9.17, 15) is 4.79 Å². The summed E-state index contributed by atoms with van der Waals surface area (Å²) in [5.74, 6) is 1.31. The van der Waals surface area contributed by atoms with Crippen molar-refractivity contribution >= 4 is 5.91 Å². The number of likely N-dealkylation sites (N-methyl/N-ethyl adjacent to an activating group) is 1. The van der Waals surface area contributed by atoms with Crippen LogP contribution in [0.3, 0.4) is 0 Å². The van der Waals surface area contributed by atoms with E-state index in [-0.39, 0.29) is 11.9 Å². The lowest BCUT2D eigenvalue weighted by Crippen LogP contribution is -2.34. The first-order valence-corrected chi connectivity index (χ1v) is 9.53. The van der Waals surface area contributed by atoms with Crippen molar-refractivity contribution in [1.29, 1.82) is 0 Å². The Balaban J connectivity index is 1.51. The summed E-state index contributed by atoms with van der Waals surface area (Å²) >= 11 is 0. The largest absolute Gasteiger partial charge is 0.441 e. The van der Waals surface area contributed by atoms with Crippen molar-refractivity contribution in [2.24, 2.45) is 0 Å². The van der Waals surface area contributed by atoms with Gasteiger partial charge in [-0.05, 0) is 26.6 Å². The van der Waals surface area contributed by atoms with E-state index in [1.54, 1.807) is 6.20 Å². The van der Waals surface area contributed by atoms with Gasteiger partial charge < -0.3 is 14.6 Å². The van der Waals surface area contributed by atoms with E-state index >= 15 is 0 Å². The Morgan fingerprint density at radius 3 is 2.50 bits per heavy atom. The highest BCUT2D eigenvalue weighted by molar-refractivity contribution is 5.76. The van der Waals surface area contributed by atoms with Crippen LogP contribution in [0.15, 0.2) is 65.2 Å². The predicted octanol–water partition coefficient (Wildman–Crippen LogP) is 4.00. The SMILES string of the molecule is Cc1ccc(-c2cnc(CCC(=O)NCC(c3ccccc3)N(C)C)o2)cc1. The summed E-state index contributed by atoms with van der Waals surface area (Å²) in [5.41, 5.74) is 3.38. The number of amides is 1. The minimum Gasteiger partial charge on any atom is -0.441 e. The van der Waals surface area contributed by atoms with Crippen LogP contribution < -0.4 is 5.32 Å². The maximum absolute atomic E-state index is 12.3. The number of carbonyl (C=O) groups is 1. The molecule has 3 rings (SSSR count). The van der Waals surface area contributed by atoms with Crippen LogP contribution in [0.1, 0.15) is 29.5 Å². The molecule has 3 aromatic rings. The van der Waals surface area contributed by atoms with Crippen molar-refractivity contribution < 1.29 is 9.21 Å². The molecule has 0 radical (unpaired) electrons. The molecule has 0 aliphatic heterocycles. The zero-order valence-electron chi connectivity index (χ0n) is 16.7. The van der Waals surface area contributed by atoms with Gasteiger partial charge in [-0.25, -0.2) is 4.98 Å². The molecule has 1 aromatic heterocycles. The Labute approximate surface area is 166 Å². The van der Waals surface area contributed by atoms with E-state index in [1.165, 1.54) is 11.1 Å². The van der Waals surface area contributed by atoms with Gasteiger partial charge in [-0.3, -0.25) is 4.79 Å². The van der Waals surface area contributed by atoms with Crippen molar-refractivity contribution in [3.05, 3.63) is 77.8 Å². The van der Waals surface area contributed by atoms with Gasteiger partial charge in [0.05, 0.1) is 12.2 Å². The molecule has 146 valence electrons. The Bertz CT molecular complexity index is 886. The molecule has 5 heteroatoms. The first-order chi connectivity index (χ1) is 13.5. The Hall–Kier alpha value is -2.92. The number of oxazole rings is 1. The zero-order valence-corrected chi connectivity index (χ0v) is 16.7. The molecule has 0 saturated heterocycles. The van der Waals surface area contributed by atoms with Crippen LogP contribution in [-0.2, 0) is 11.2 Å². The molecule has 28 heavy (non-hydrogen) atoms. The lowest BCUT2D eigenvalue weighted by Gasteiger charge is -2.25. The normalized spacial score (nSPS) is 12.1. The Kier molecular flexibility index (Phi) is 6.61. The third-order valence-electron chi connectivity index (χ3n) is 4.76. The number of benzene rings is 2. The van der Waals surface area contributed by atoms with Crippen molar-refractivity contribution in [2.75, 3.05) is 20.6 Å². The van der Waals surface area contributed by atoms with Crippen LogP contribution in [0.4, 0.5) is 0 Å². The molecule has 1 heterocycles. The molecule has 0 saturated carbocycles. The summed E-state index contributed by atoms with van der Waals surface area (Å²) in [5, 5.41) is 3.03. The monoisotopic (exact) mass is 377 g/mol. The Morgan fingerprint density at radius 2 is 1.82 bits per heavy atom. The third-order valence-corrected chi connectivity index (χ3v) is 4.76. The highest BCUT2D eigenvalue weighted by atomic mass is 16.4. The number of nitrogens with zero attached hydrogens (tertiary/aromatic N) is 2. The highest BCUT2D eigenvalue weighted by Gasteiger charge is 2.15. The standard InChI is InChI=1S/C23H27N3O2/c1-17-9-11-19(12-10-17)21-16-25-23(28-21)14-13-22(27)24-15-20(26(2)3)18-7-5-4-6-8-18/h4-12,16,20H,13-15H2,1-3H3,(H,24,27). The second-order valence-corrected chi connectivity index (χ2v) is 7.18. The second kappa shape index (κ2) is 9.33. The van der Waals surface area contributed by atoms with Gasteiger partial charge in [0.1, 0.15) is 0 Å². The van der Waals surface area contributed by atoms with E-state index in [2.05, 4.69) is 27.3 Å². The third kappa shape index (κ3) is 5.30. The molecule has 0 fully saturated rings. The fourth-order valence-corrected chi connectivity index (χ4v) is 3.07. The van der Waals surface area contributed by atoms with Gasteiger partial charge in [0, 0.05) is 24.9 Å². The minimum absolute atomic E-state index is 0.00197. The van der Waals surface area contributed by atoms with E-state index in [1.807, 2.05) is 63.5 Å². The fourth-order valence-electron chi connectivity index (χ4n) is 3.07. The lowest BCUT2D eigenvalue weighted by molar-refractivity contribution is -0.121. The average molecular weight is 377 g/mol. The number of aromatic nitrogens is 1. The second-order valence-electron chi connectivity index (χ2n) is 7.18. The molecule has 1 atom stereocenters. The van der Waals surface area contributed by atoms with Crippen LogP contribution in [-0.4, -0.2) is 36.4 Å². The minimum atomic E-state index is -0.00197. The van der Waals surface area contributed by atoms with Crippen LogP contribution >= 0.6 is 0 Å². The quantitative estimate of drug-likeness (QED) is 0.645. The summed E-state index contributed by atoms with van der Waals surface area (Å²) in [6, 6.07) is 18.4. The topological polar surface area (TPSA) is 58.4 Å². The summed E-state index contributed by atoms with van der Waals surface area (Å²) in [6.45, 7) is 2.61. The van der Waals surface area contributed by atoms with Gasteiger partial charge in [-0.15, -0.1) is 0 Å². The molecule has 0 aliphatic rings. The van der Waals surface area contributed by atoms with Crippen molar-refractivity contribution in [3.63, 3.8) is 0 Å². The van der Waals surface area contributed by atoms with E-state index in [0.29, 0.717) is 25.3 Å². The summed E-state index contributed by atoms with van der Waals surface area (Å²) < 4.78 is 5.79. The van der Waals surface area contributed by atoms with Crippen molar-refractivity contribution in [2.45, 2.75) is 25.8 Å². The van der Waals surface area contributed by atoms with Gasteiger partial charge in [-0.1, -0.05) is 60.2 Å². The summed E-state index contributed by atoms with van der Waals surface area (Å²) in [4.78, 5) is 18.7. The number of hydrogen-bond acceptors (Lipinski definition) is 4. The number of nitrogens with one attached hydrogen (secondary N) is 1. The van der Waals surface area contributed by atoms with Crippen LogP contribution in [0.5, 0.6) is 0 Å². The fraction of sp³-hybridized carbons (Fsp3) is 0.304. The average Bonchev–Trinajstić information content (AvgIpc) is 3.17. The highest BCUT2D eigenvalue weighted by Crippen LogP contribution is 2.21. The van der Waals surface area contributed by atoms with E-state index in [4.69, 9.17) is 4.42 Å². The van der Waals surface area contributed by atoms with Crippen molar-refractivity contribution in [1.82, 2.24) is 15.2 Å². The molecule has 1 N–H and O–H groups in total. The smallest absolute Gasteiger partial charge is 0.220 e. The first-order valence-electron chi connectivity index (χ1n) is 9.53. The molecular weight excluding hydrogens is 350 g/mol. The molecule has 2 aromatic carbocycles. The molecule has 0 spiro atoms. The predicted molar refractivity (Wildman–Crippen MR) is 111 cm³/mol. The zero-order chi connectivity index (χ0) is 19.9. The van der Waals surface area contributed by atoms with Gasteiger partial charge in [0.25, 0.3) is 0 Å². The Morgan fingerprint density at radius 1 is 1.11 bits per heavy atom. The number of hydrogen-bond donors (Lipinski definition) is 1. The number of carbonyl (C=O) groups excluding carboxylic acids is 1. The van der Waals surface area contributed by atoms with Crippen LogP contribution in [0.25, 0.3) is 11.3 Å². The number of aryl methyl sites for hydroxylation is 2. The van der Waals surface area contributed by atoms with Gasteiger partial charge in [0.15, 0.2) is 11.7 Å². The van der Waals surface area contributed by atoms with Gasteiger partial charge >= 0.3 is 0 Å².